The van der Waals surface area contributed by atoms with E-state index in [0.29, 0.717) is 12.5 Å². The van der Waals surface area contributed by atoms with E-state index < -0.39 is 0 Å². The van der Waals surface area contributed by atoms with E-state index in [0.717, 1.165) is 51.0 Å². The lowest BCUT2D eigenvalue weighted by molar-refractivity contribution is 0.509. The minimum absolute atomic E-state index is 0.0700. The van der Waals surface area contributed by atoms with E-state index in [1.165, 1.54) is 10.4 Å². The Balaban J connectivity index is 1.76. The van der Waals surface area contributed by atoms with Gasteiger partial charge in [-0.05, 0) is 48.4 Å². The van der Waals surface area contributed by atoms with Crippen LogP contribution in [0.15, 0.2) is 46.9 Å². The first-order valence-corrected chi connectivity index (χ1v) is 11.3. The number of thioether (sulfide) groups is 1. The normalized spacial score (nSPS) is 16.4. The highest BCUT2D eigenvalue weighted by Crippen LogP contribution is 2.36. The van der Waals surface area contributed by atoms with Crippen molar-refractivity contribution in [2.45, 2.75) is 43.6 Å². The Hall–Kier alpha value is -1.56. The van der Waals surface area contributed by atoms with Crippen molar-refractivity contribution in [2.24, 2.45) is 5.92 Å². The van der Waals surface area contributed by atoms with Gasteiger partial charge in [-0.1, -0.05) is 48.5 Å². The average molecular weight is 417 g/mol. The molecule has 1 atom stereocenters. The highest BCUT2D eigenvalue weighted by atomic mass is 35.5. The fraction of sp³-hybridized carbons (Fsp3) is 0.333. The maximum atomic E-state index is 13.3. The van der Waals surface area contributed by atoms with Crippen LogP contribution in [0.2, 0.25) is 5.02 Å². The molecule has 3 nitrogen and oxygen atoms in total. The Labute approximate surface area is 172 Å². The van der Waals surface area contributed by atoms with Gasteiger partial charge in [0.25, 0.3) is 5.56 Å². The van der Waals surface area contributed by atoms with Crippen LogP contribution in [0.4, 0.5) is 0 Å². The van der Waals surface area contributed by atoms with Crippen LogP contribution in [0.1, 0.15) is 29.3 Å². The smallest absolute Gasteiger partial charge is 0.263 e. The number of aryl methyl sites for hydroxylation is 1. The molecule has 0 aliphatic heterocycles. The number of nitrogens with zero attached hydrogens (tertiary/aromatic N) is 2. The van der Waals surface area contributed by atoms with Gasteiger partial charge in [0.2, 0.25) is 0 Å². The second-order valence-corrected chi connectivity index (χ2v) is 9.51. The van der Waals surface area contributed by atoms with Gasteiger partial charge in [-0.15, -0.1) is 17.9 Å². The van der Waals surface area contributed by atoms with E-state index in [2.05, 4.69) is 13.5 Å². The summed E-state index contributed by atoms with van der Waals surface area (Å²) in [6, 6.07) is 7.80. The molecular formula is C21H21ClN2OS2. The average Bonchev–Trinajstić information content (AvgIpc) is 3.00. The third kappa shape index (κ3) is 3.73. The Bertz CT molecular complexity index is 1070. The van der Waals surface area contributed by atoms with Crippen LogP contribution in [0.25, 0.3) is 10.2 Å². The predicted octanol–water partition coefficient (Wildman–Crippen LogP) is 5.71. The van der Waals surface area contributed by atoms with E-state index in [-0.39, 0.29) is 5.56 Å². The first kappa shape index (κ1) is 18.8. The lowest BCUT2D eigenvalue weighted by Crippen LogP contribution is -2.23. The first-order chi connectivity index (χ1) is 13.1. The van der Waals surface area contributed by atoms with Gasteiger partial charge in [0.1, 0.15) is 4.83 Å². The zero-order chi connectivity index (χ0) is 19.0. The number of thiophene rings is 1. The minimum Gasteiger partial charge on any atom is -0.283 e. The van der Waals surface area contributed by atoms with Crippen LogP contribution in [-0.4, -0.2) is 9.55 Å². The minimum atomic E-state index is 0.0700. The van der Waals surface area contributed by atoms with Gasteiger partial charge in [-0.25, -0.2) is 4.98 Å². The lowest BCUT2D eigenvalue weighted by atomic mass is 9.89. The second-order valence-electron chi connectivity index (χ2n) is 7.05. The summed E-state index contributed by atoms with van der Waals surface area (Å²) in [7, 11) is 0. The van der Waals surface area contributed by atoms with Crippen LogP contribution in [-0.2, 0) is 25.1 Å². The van der Waals surface area contributed by atoms with E-state index in [9.17, 15) is 4.79 Å². The van der Waals surface area contributed by atoms with E-state index in [4.69, 9.17) is 16.6 Å². The molecule has 2 heterocycles. The summed E-state index contributed by atoms with van der Waals surface area (Å²) in [6.45, 7) is 6.58. The molecule has 1 aliphatic carbocycles. The number of rotatable bonds is 5. The molecule has 2 aromatic heterocycles. The molecule has 3 aromatic rings. The number of hydrogen-bond acceptors (Lipinski definition) is 4. The van der Waals surface area contributed by atoms with Crippen LogP contribution in [0.5, 0.6) is 0 Å². The van der Waals surface area contributed by atoms with Gasteiger partial charge in [0, 0.05) is 22.2 Å². The molecule has 0 unspecified atom stereocenters. The summed E-state index contributed by atoms with van der Waals surface area (Å²) in [4.78, 5) is 20.4. The van der Waals surface area contributed by atoms with E-state index >= 15 is 0 Å². The van der Waals surface area contributed by atoms with Crippen molar-refractivity contribution in [3.8, 4) is 0 Å². The zero-order valence-electron chi connectivity index (χ0n) is 15.2. The fourth-order valence-electron chi connectivity index (χ4n) is 3.58. The highest BCUT2D eigenvalue weighted by Gasteiger charge is 2.24. The number of aromatic nitrogens is 2. The molecule has 0 bridgehead atoms. The maximum absolute atomic E-state index is 13.3. The molecule has 6 heteroatoms. The fourth-order valence-corrected chi connectivity index (χ4v) is 6.17. The number of benzene rings is 1. The summed E-state index contributed by atoms with van der Waals surface area (Å²) >= 11 is 9.36. The molecule has 0 spiro atoms. The molecule has 1 aliphatic rings. The van der Waals surface area contributed by atoms with Gasteiger partial charge in [0.05, 0.1) is 5.39 Å². The molecule has 0 N–H and O–H groups in total. The van der Waals surface area contributed by atoms with Crippen molar-refractivity contribution in [1.29, 1.82) is 0 Å². The van der Waals surface area contributed by atoms with Crippen molar-refractivity contribution < 1.29 is 0 Å². The molecular weight excluding hydrogens is 396 g/mol. The van der Waals surface area contributed by atoms with Crippen molar-refractivity contribution in [3.05, 3.63) is 68.3 Å². The maximum Gasteiger partial charge on any atom is 0.263 e. The van der Waals surface area contributed by atoms with Gasteiger partial charge in [-0.3, -0.25) is 9.36 Å². The van der Waals surface area contributed by atoms with Crippen molar-refractivity contribution in [1.82, 2.24) is 9.55 Å². The molecule has 0 saturated heterocycles. The molecule has 0 saturated carbocycles. The van der Waals surface area contributed by atoms with Gasteiger partial charge >= 0.3 is 0 Å². The third-order valence-corrected chi connectivity index (χ3v) is 7.38. The van der Waals surface area contributed by atoms with Crippen molar-refractivity contribution in [2.75, 3.05) is 0 Å². The molecule has 0 amide bonds. The molecule has 4 rings (SSSR count). The Morgan fingerprint density at radius 2 is 2.33 bits per heavy atom. The molecule has 140 valence electrons. The number of allylic oxidation sites excluding steroid dienone is 1. The highest BCUT2D eigenvalue weighted by molar-refractivity contribution is 7.98. The van der Waals surface area contributed by atoms with Crippen LogP contribution < -0.4 is 5.56 Å². The summed E-state index contributed by atoms with van der Waals surface area (Å²) in [5.41, 5.74) is 2.42. The quantitative estimate of drug-likeness (QED) is 0.303. The van der Waals surface area contributed by atoms with E-state index in [1.54, 1.807) is 33.7 Å². The van der Waals surface area contributed by atoms with Gasteiger partial charge in [-0.2, -0.15) is 0 Å². The summed E-state index contributed by atoms with van der Waals surface area (Å²) < 4.78 is 1.76. The zero-order valence-corrected chi connectivity index (χ0v) is 17.6. The molecule has 0 fully saturated rings. The van der Waals surface area contributed by atoms with Gasteiger partial charge < -0.3 is 0 Å². The number of halogens is 1. The van der Waals surface area contributed by atoms with Crippen LogP contribution >= 0.6 is 34.7 Å². The first-order valence-electron chi connectivity index (χ1n) is 9.10. The Kier molecular flexibility index (Phi) is 5.44. The SMILES string of the molecule is C=CCn1c(SCc2cccc(Cl)c2)nc2sc3c(c2c1=O)CC[C@@H](C)C3. The topological polar surface area (TPSA) is 34.9 Å². The van der Waals surface area contributed by atoms with Crippen LogP contribution in [0, 0.1) is 5.92 Å². The van der Waals surface area contributed by atoms with Crippen molar-refractivity contribution in [3.63, 3.8) is 0 Å². The largest absolute Gasteiger partial charge is 0.283 e. The third-order valence-electron chi connectivity index (χ3n) is 4.95. The predicted molar refractivity (Wildman–Crippen MR) is 116 cm³/mol. The lowest BCUT2D eigenvalue weighted by Gasteiger charge is -2.17. The standard InChI is InChI=1S/C21H21ClN2OS2/c1-3-9-24-20(25)18-16-8-7-13(2)10-17(16)27-19(18)23-21(24)26-12-14-5-4-6-15(22)11-14/h3-6,11,13H,1,7-10,12H2,2H3/t13-/m1/s1. The summed E-state index contributed by atoms with van der Waals surface area (Å²) in [6.07, 6.45) is 4.95. The summed E-state index contributed by atoms with van der Waals surface area (Å²) in [5.74, 6) is 1.40. The van der Waals surface area contributed by atoms with Crippen LogP contribution in [0.3, 0.4) is 0 Å². The number of fused-ring (bicyclic) bond motifs is 3. The van der Waals surface area contributed by atoms with E-state index in [1.807, 2.05) is 24.3 Å². The monoisotopic (exact) mass is 416 g/mol. The number of hydrogen-bond donors (Lipinski definition) is 0. The Morgan fingerprint density at radius 3 is 3.11 bits per heavy atom. The van der Waals surface area contributed by atoms with Gasteiger partial charge in [0.15, 0.2) is 5.16 Å². The Morgan fingerprint density at radius 1 is 1.48 bits per heavy atom. The second kappa shape index (κ2) is 7.82. The molecule has 27 heavy (non-hydrogen) atoms. The molecule has 1 aromatic carbocycles. The van der Waals surface area contributed by atoms with Crippen molar-refractivity contribution >= 4 is 44.9 Å². The molecule has 0 radical (unpaired) electrons. The summed E-state index contributed by atoms with van der Waals surface area (Å²) in [5, 5.41) is 2.30.